The monoisotopic (exact) mass is 351 g/mol. The lowest BCUT2D eigenvalue weighted by Gasteiger charge is -2.21. The molecule has 6 nitrogen and oxygen atoms in total. The van der Waals surface area contributed by atoms with Gasteiger partial charge in [-0.05, 0) is 12.0 Å². The van der Waals surface area contributed by atoms with E-state index in [9.17, 15) is 9.59 Å². The van der Waals surface area contributed by atoms with Crippen molar-refractivity contribution in [2.75, 3.05) is 26.6 Å². The van der Waals surface area contributed by atoms with Gasteiger partial charge in [-0.1, -0.05) is 30.3 Å². The molecule has 0 N–H and O–H groups in total. The molecular weight excluding hydrogens is 330 g/mol. The number of rotatable bonds is 8. The summed E-state index contributed by atoms with van der Waals surface area (Å²) >= 11 is 1.46. The summed E-state index contributed by atoms with van der Waals surface area (Å²) in [6.07, 6.45) is 0.384. The fourth-order valence-electron chi connectivity index (χ4n) is 2.35. The van der Waals surface area contributed by atoms with Crippen molar-refractivity contribution in [3.63, 3.8) is 0 Å². The third-order valence-electron chi connectivity index (χ3n) is 3.69. The van der Waals surface area contributed by atoms with Gasteiger partial charge in [0, 0.05) is 12.2 Å². The van der Waals surface area contributed by atoms with E-state index in [-0.39, 0.29) is 18.8 Å². The van der Waals surface area contributed by atoms with Gasteiger partial charge < -0.3 is 14.2 Å². The molecule has 1 aliphatic heterocycles. The topological polar surface area (TPSA) is 74.2 Å². The number of carbonyl (C=O) groups excluding carboxylic acids is 2. The van der Waals surface area contributed by atoms with Gasteiger partial charge >= 0.3 is 11.9 Å². The Labute approximate surface area is 145 Å². The van der Waals surface area contributed by atoms with Gasteiger partial charge in [0.15, 0.2) is 5.54 Å². The number of methoxy groups -OCH3 is 2. The van der Waals surface area contributed by atoms with Crippen molar-refractivity contribution in [2.24, 2.45) is 4.99 Å². The molecule has 0 radical (unpaired) electrons. The zero-order valence-electron chi connectivity index (χ0n) is 13.8. The Morgan fingerprint density at radius 2 is 1.92 bits per heavy atom. The van der Waals surface area contributed by atoms with Crippen LogP contribution in [0.1, 0.15) is 18.4 Å². The van der Waals surface area contributed by atoms with Crippen LogP contribution in [0.3, 0.4) is 0 Å². The number of carbonyl (C=O) groups is 2. The molecule has 1 aromatic rings. The largest absolute Gasteiger partial charge is 0.469 e. The molecule has 0 saturated heterocycles. The first kappa shape index (κ1) is 18.5. The summed E-state index contributed by atoms with van der Waals surface area (Å²) in [4.78, 5) is 28.0. The minimum atomic E-state index is -1.03. The minimum Gasteiger partial charge on any atom is -0.469 e. The first-order valence-electron chi connectivity index (χ1n) is 7.58. The molecule has 0 fully saturated rings. The molecule has 7 heteroatoms. The van der Waals surface area contributed by atoms with E-state index in [1.54, 1.807) is 0 Å². The molecule has 0 saturated carbocycles. The molecule has 0 bridgehead atoms. The quantitative estimate of drug-likeness (QED) is 0.669. The van der Waals surface area contributed by atoms with Crippen LogP contribution < -0.4 is 0 Å². The van der Waals surface area contributed by atoms with E-state index >= 15 is 0 Å². The molecule has 1 unspecified atom stereocenters. The molecule has 1 heterocycles. The molecular formula is C17H21NO5S. The van der Waals surface area contributed by atoms with Crippen LogP contribution in [0.5, 0.6) is 0 Å². The number of benzene rings is 1. The maximum atomic E-state index is 12.1. The number of nitrogens with zero attached hydrogens (tertiary/aromatic N) is 1. The van der Waals surface area contributed by atoms with Crippen molar-refractivity contribution in [3.05, 3.63) is 35.9 Å². The van der Waals surface area contributed by atoms with Crippen LogP contribution in [-0.4, -0.2) is 49.1 Å². The molecule has 1 atom stereocenters. The molecule has 2 rings (SSSR count). The Morgan fingerprint density at radius 1 is 1.17 bits per heavy atom. The number of ether oxygens (including phenoxy) is 3. The smallest absolute Gasteiger partial charge is 0.334 e. The van der Waals surface area contributed by atoms with Crippen molar-refractivity contribution in [1.29, 1.82) is 0 Å². The first-order valence-corrected chi connectivity index (χ1v) is 8.56. The Hall–Kier alpha value is -1.86. The van der Waals surface area contributed by atoms with Crippen molar-refractivity contribution < 1.29 is 23.8 Å². The lowest BCUT2D eigenvalue weighted by atomic mass is 9.96. The third-order valence-corrected chi connectivity index (χ3v) is 4.85. The second kappa shape index (κ2) is 8.84. The Morgan fingerprint density at radius 3 is 2.58 bits per heavy atom. The van der Waals surface area contributed by atoms with Crippen LogP contribution in [-0.2, 0) is 30.4 Å². The summed E-state index contributed by atoms with van der Waals surface area (Å²) in [5.74, 6) is -0.357. The van der Waals surface area contributed by atoms with E-state index in [1.807, 2.05) is 30.3 Å². The second-order valence-electron chi connectivity index (χ2n) is 5.37. The Balaban J connectivity index is 1.95. The van der Waals surface area contributed by atoms with Gasteiger partial charge in [0.05, 0.1) is 32.5 Å². The molecule has 0 amide bonds. The zero-order chi connectivity index (χ0) is 17.4. The summed E-state index contributed by atoms with van der Waals surface area (Å²) in [6.45, 7) is 0.810. The first-order chi connectivity index (χ1) is 11.6. The lowest BCUT2D eigenvalue weighted by Crippen LogP contribution is -2.39. The predicted molar refractivity (Wildman–Crippen MR) is 92.0 cm³/mol. The van der Waals surface area contributed by atoms with Crippen LogP contribution in [0.15, 0.2) is 35.3 Å². The van der Waals surface area contributed by atoms with Crippen molar-refractivity contribution in [3.8, 4) is 0 Å². The molecule has 1 aromatic carbocycles. The van der Waals surface area contributed by atoms with E-state index in [0.29, 0.717) is 19.0 Å². The van der Waals surface area contributed by atoms with E-state index in [0.717, 1.165) is 10.6 Å². The summed E-state index contributed by atoms with van der Waals surface area (Å²) in [5, 5.41) is 0.737. The van der Waals surface area contributed by atoms with Crippen molar-refractivity contribution in [1.82, 2.24) is 0 Å². The fourth-order valence-corrected chi connectivity index (χ4v) is 3.48. The number of hydrogen-bond donors (Lipinski definition) is 0. The average molecular weight is 351 g/mol. The van der Waals surface area contributed by atoms with E-state index in [2.05, 4.69) is 9.73 Å². The fraction of sp³-hybridized carbons (Fsp3) is 0.471. The van der Waals surface area contributed by atoms with Crippen molar-refractivity contribution in [2.45, 2.75) is 25.0 Å². The second-order valence-corrected chi connectivity index (χ2v) is 6.42. The number of aliphatic imine (C=N–C) groups is 1. The van der Waals surface area contributed by atoms with Gasteiger partial charge in [-0.3, -0.25) is 9.79 Å². The summed E-state index contributed by atoms with van der Waals surface area (Å²) in [6, 6.07) is 9.83. The maximum absolute atomic E-state index is 12.1. The van der Waals surface area contributed by atoms with Crippen LogP contribution in [0.2, 0.25) is 0 Å². The highest BCUT2D eigenvalue weighted by atomic mass is 32.2. The molecule has 0 spiro atoms. The average Bonchev–Trinajstić information content (AvgIpc) is 3.04. The van der Waals surface area contributed by atoms with E-state index in [1.165, 1.54) is 26.0 Å². The Kier molecular flexibility index (Phi) is 6.81. The molecule has 0 aromatic heterocycles. The van der Waals surface area contributed by atoms with E-state index in [4.69, 9.17) is 9.47 Å². The molecule has 0 aliphatic carbocycles. The standard InChI is InChI=1S/C17H21NO5S/c1-21-15(19)8-9-17(16(20)22-2)12-24-14(18-17)11-23-10-13-6-4-3-5-7-13/h3-7H,8-12H2,1-2H3. The van der Waals surface area contributed by atoms with Crippen LogP contribution in [0.4, 0.5) is 0 Å². The van der Waals surface area contributed by atoms with Gasteiger partial charge in [-0.25, -0.2) is 4.79 Å². The number of thioether (sulfide) groups is 1. The third kappa shape index (κ3) is 4.82. The highest BCUT2D eigenvalue weighted by Crippen LogP contribution is 2.33. The normalized spacial score (nSPS) is 19.7. The predicted octanol–water partition coefficient (Wildman–Crippen LogP) is 2.21. The number of hydrogen-bond acceptors (Lipinski definition) is 7. The number of esters is 2. The highest BCUT2D eigenvalue weighted by Gasteiger charge is 2.44. The van der Waals surface area contributed by atoms with Crippen LogP contribution >= 0.6 is 11.8 Å². The molecule has 1 aliphatic rings. The molecule has 130 valence electrons. The van der Waals surface area contributed by atoms with Gasteiger partial charge in [0.2, 0.25) is 0 Å². The maximum Gasteiger partial charge on any atom is 0.334 e. The van der Waals surface area contributed by atoms with Crippen molar-refractivity contribution >= 4 is 28.7 Å². The highest BCUT2D eigenvalue weighted by molar-refractivity contribution is 8.14. The van der Waals surface area contributed by atoms with Crippen LogP contribution in [0, 0.1) is 0 Å². The Bertz CT molecular complexity index is 604. The van der Waals surface area contributed by atoms with Gasteiger partial charge in [0.1, 0.15) is 0 Å². The van der Waals surface area contributed by atoms with Gasteiger partial charge in [-0.2, -0.15) is 0 Å². The zero-order valence-corrected chi connectivity index (χ0v) is 14.6. The van der Waals surface area contributed by atoms with E-state index < -0.39 is 11.5 Å². The summed E-state index contributed by atoms with van der Waals surface area (Å²) < 4.78 is 15.2. The summed E-state index contributed by atoms with van der Waals surface area (Å²) in [7, 11) is 2.65. The van der Waals surface area contributed by atoms with Gasteiger partial charge in [0.25, 0.3) is 0 Å². The minimum absolute atomic E-state index is 0.119. The lowest BCUT2D eigenvalue weighted by molar-refractivity contribution is -0.147. The van der Waals surface area contributed by atoms with Crippen LogP contribution in [0.25, 0.3) is 0 Å². The summed E-state index contributed by atoms with van der Waals surface area (Å²) in [5.41, 5.74) is 0.0463. The van der Waals surface area contributed by atoms with Gasteiger partial charge in [-0.15, -0.1) is 11.8 Å². The molecule has 24 heavy (non-hydrogen) atoms. The SMILES string of the molecule is COC(=O)CCC1(C(=O)OC)CSC(COCc2ccccc2)=N1.